The molecule has 1 aromatic heterocycles. The fourth-order valence-electron chi connectivity index (χ4n) is 2.39. The average Bonchev–Trinajstić information content (AvgIpc) is 2.46. The Bertz CT molecular complexity index is 465. The van der Waals surface area contributed by atoms with E-state index in [9.17, 15) is 18.3 Å². The van der Waals surface area contributed by atoms with E-state index in [1.165, 1.54) is 0 Å². The maximum absolute atomic E-state index is 12.9. The van der Waals surface area contributed by atoms with Crippen molar-refractivity contribution in [2.45, 2.75) is 19.0 Å². The van der Waals surface area contributed by atoms with Crippen LogP contribution in [0.3, 0.4) is 0 Å². The molecule has 2 N–H and O–H groups in total. The Morgan fingerprint density at radius 2 is 2.20 bits per heavy atom. The number of aromatic nitrogens is 1. The molecule has 0 amide bonds. The highest BCUT2D eigenvalue weighted by Gasteiger charge is 2.32. The molecule has 2 rings (SSSR count). The number of hydrogen-bond donors (Lipinski definition) is 2. The summed E-state index contributed by atoms with van der Waals surface area (Å²) < 4.78 is 38.6. The molecule has 0 aromatic carbocycles. The third-order valence-corrected chi connectivity index (χ3v) is 3.50. The number of aliphatic hydroxyl groups is 1. The zero-order valence-electron chi connectivity index (χ0n) is 11.2. The summed E-state index contributed by atoms with van der Waals surface area (Å²) in [5, 5.41) is 11.9. The van der Waals surface area contributed by atoms with Crippen LogP contribution in [0, 0.1) is 5.92 Å². The summed E-state index contributed by atoms with van der Waals surface area (Å²) in [6, 6.07) is 2.07. The molecule has 112 valence electrons. The van der Waals surface area contributed by atoms with Crippen LogP contribution >= 0.6 is 0 Å². The Hall–Kier alpha value is -1.50. The third kappa shape index (κ3) is 3.33. The van der Waals surface area contributed by atoms with Gasteiger partial charge in [-0.05, 0) is 30.9 Å². The number of rotatable bonds is 3. The van der Waals surface area contributed by atoms with Gasteiger partial charge in [0.05, 0.1) is 5.56 Å². The van der Waals surface area contributed by atoms with E-state index in [1.54, 1.807) is 11.9 Å². The molecule has 4 nitrogen and oxygen atoms in total. The summed E-state index contributed by atoms with van der Waals surface area (Å²) in [6.45, 7) is 1.25. The van der Waals surface area contributed by atoms with Gasteiger partial charge in [0.2, 0.25) is 0 Å². The summed E-state index contributed by atoms with van der Waals surface area (Å²) in [7, 11) is 1.54. The average molecular weight is 289 g/mol. The minimum Gasteiger partial charge on any atom is -0.396 e. The van der Waals surface area contributed by atoms with Crippen LogP contribution in [0.5, 0.6) is 0 Å². The van der Waals surface area contributed by atoms with Crippen molar-refractivity contribution < 1.29 is 18.3 Å². The van der Waals surface area contributed by atoms with Gasteiger partial charge in [0.25, 0.3) is 0 Å². The van der Waals surface area contributed by atoms with Crippen LogP contribution in [0.2, 0.25) is 0 Å². The predicted molar refractivity (Wildman–Crippen MR) is 70.8 cm³/mol. The number of hydrogen-bond acceptors (Lipinski definition) is 4. The Morgan fingerprint density at radius 3 is 2.80 bits per heavy atom. The van der Waals surface area contributed by atoms with Crippen molar-refractivity contribution in [1.29, 1.82) is 0 Å². The van der Waals surface area contributed by atoms with Crippen LogP contribution in [0.15, 0.2) is 12.1 Å². The van der Waals surface area contributed by atoms with Crippen LogP contribution in [0.25, 0.3) is 0 Å². The molecule has 0 bridgehead atoms. The summed E-state index contributed by atoms with van der Waals surface area (Å²) >= 11 is 0. The molecule has 20 heavy (non-hydrogen) atoms. The fourth-order valence-corrected chi connectivity index (χ4v) is 2.39. The van der Waals surface area contributed by atoms with Gasteiger partial charge in [-0.2, -0.15) is 13.2 Å². The van der Waals surface area contributed by atoms with Crippen molar-refractivity contribution in [3.05, 3.63) is 17.7 Å². The molecule has 1 aliphatic rings. The first-order valence-electron chi connectivity index (χ1n) is 6.57. The minimum absolute atomic E-state index is 0.0499. The van der Waals surface area contributed by atoms with Crippen LogP contribution in [0.1, 0.15) is 18.4 Å². The highest BCUT2D eigenvalue weighted by atomic mass is 19.4. The second-order valence-corrected chi connectivity index (χ2v) is 4.98. The highest BCUT2D eigenvalue weighted by Crippen LogP contribution is 2.33. The zero-order valence-corrected chi connectivity index (χ0v) is 11.2. The third-order valence-electron chi connectivity index (χ3n) is 3.50. The van der Waals surface area contributed by atoms with Crippen molar-refractivity contribution in [1.82, 2.24) is 4.98 Å². The molecule has 1 fully saturated rings. The summed E-state index contributed by atoms with van der Waals surface area (Å²) in [5.41, 5.74) is -0.710. The van der Waals surface area contributed by atoms with E-state index in [2.05, 4.69) is 10.3 Å². The number of pyridine rings is 1. The molecule has 1 aliphatic heterocycles. The van der Waals surface area contributed by atoms with Gasteiger partial charge in [-0.15, -0.1) is 0 Å². The first-order chi connectivity index (χ1) is 9.44. The highest BCUT2D eigenvalue weighted by molar-refractivity contribution is 5.51. The maximum Gasteiger partial charge on any atom is 0.416 e. The largest absolute Gasteiger partial charge is 0.416 e. The smallest absolute Gasteiger partial charge is 0.396 e. The molecular formula is C13H18F3N3O. The van der Waals surface area contributed by atoms with Gasteiger partial charge in [-0.1, -0.05) is 0 Å². The molecular weight excluding hydrogens is 271 g/mol. The fraction of sp³-hybridized carbons (Fsp3) is 0.615. The maximum atomic E-state index is 12.9. The van der Waals surface area contributed by atoms with E-state index in [0.717, 1.165) is 25.0 Å². The Kier molecular flexibility index (Phi) is 4.37. The number of nitrogens with zero attached hydrogens (tertiary/aromatic N) is 2. The number of anilines is 2. The number of aliphatic hydroxyl groups excluding tert-OH is 1. The lowest BCUT2D eigenvalue weighted by molar-refractivity contribution is -0.137. The van der Waals surface area contributed by atoms with Crippen LogP contribution in [-0.2, 0) is 6.18 Å². The molecule has 0 aliphatic carbocycles. The van der Waals surface area contributed by atoms with Gasteiger partial charge in [0, 0.05) is 26.7 Å². The van der Waals surface area contributed by atoms with Crippen molar-refractivity contribution in [2.75, 3.05) is 37.0 Å². The minimum atomic E-state index is -4.39. The summed E-state index contributed by atoms with van der Waals surface area (Å²) in [6.07, 6.45) is -2.65. The lowest BCUT2D eigenvalue weighted by atomic mass is 9.99. The van der Waals surface area contributed by atoms with Crippen molar-refractivity contribution in [3.8, 4) is 0 Å². The van der Waals surface area contributed by atoms with E-state index in [-0.39, 0.29) is 18.3 Å². The first kappa shape index (κ1) is 14.9. The van der Waals surface area contributed by atoms with Gasteiger partial charge < -0.3 is 15.3 Å². The van der Waals surface area contributed by atoms with Gasteiger partial charge in [0.1, 0.15) is 11.6 Å². The Labute approximate surface area is 115 Å². The number of halogens is 3. The zero-order chi connectivity index (χ0) is 14.8. The first-order valence-corrected chi connectivity index (χ1v) is 6.57. The molecule has 1 saturated heterocycles. The van der Waals surface area contributed by atoms with E-state index in [0.29, 0.717) is 18.9 Å². The Morgan fingerprint density at radius 1 is 1.45 bits per heavy atom. The van der Waals surface area contributed by atoms with E-state index in [4.69, 9.17) is 0 Å². The van der Waals surface area contributed by atoms with E-state index in [1.807, 2.05) is 0 Å². The lowest BCUT2D eigenvalue weighted by Crippen LogP contribution is -2.37. The quantitative estimate of drug-likeness (QED) is 0.897. The number of nitrogens with one attached hydrogen (secondary N) is 1. The van der Waals surface area contributed by atoms with Gasteiger partial charge in [0.15, 0.2) is 0 Å². The Balaban J connectivity index is 2.30. The molecule has 1 atom stereocenters. The van der Waals surface area contributed by atoms with Gasteiger partial charge in [-0.25, -0.2) is 4.98 Å². The second-order valence-electron chi connectivity index (χ2n) is 4.98. The standard InChI is InChI=1S/C13H18F3N3O/c1-17-11-5-10(13(14,15)16)6-12(18-11)19-4-2-3-9(7-19)8-20/h5-6,9,20H,2-4,7-8H2,1H3,(H,17,18). The second kappa shape index (κ2) is 5.87. The SMILES string of the molecule is CNc1cc(C(F)(F)F)cc(N2CCCC(CO)C2)n1. The van der Waals surface area contributed by atoms with E-state index >= 15 is 0 Å². The van der Waals surface area contributed by atoms with Crippen LogP contribution < -0.4 is 10.2 Å². The summed E-state index contributed by atoms with van der Waals surface area (Å²) in [5.74, 6) is 0.599. The molecule has 0 radical (unpaired) electrons. The summed E-state index contributed by atoms with van der Waals surface area (Å²) in [4.78, 5) is 6.00. The van der Waals surface area contributed by atoms with Gasteiger partial charge in [-0.3, -0.25) is 0 Å². The molecule has 0 spiro atoms. The van der Waals surface area contributed by atoms with Crippen molar-refractivity contribution >= 4 is 11.6 Å². The van der Waals surface area contributed by atoms with E-state index < -0.39 is 11.7 Å². The van der Waals surface area contributed by atoms with Gasteiger partial charge >= 0.3 is 6.18 Å². The molecule has 7 heteroatoms. The van der Waals surface area contributed by atoms with Crippen LogP contribution in [0.4, 0.5) is 24.8 Å². The predicted octanol–water partition coefficient (Wildman–Crippen LogP) is 2.35. The topological polar surface area (TPSA) is 48.4 Å². The molecule has 2 heterocycles. The number of alkyl halides is 3. The van der Waals surface area contributed by atoms with Crippen molar-refractivity contribution in [2.24, 2.45) is 5.92 Å². The molecule has 1 aromatic rings. The number of piperidine rings is 1. The monoisotopic (exact) mass is 289 g/mol. The van der Waals surface area contributed by atoms with Crippen LogP contribution in [-0.4, -0.2) is 36.8 Å². The lowest BCUT2D eigenvalue weighted by Gasteiger charge is -2.33. The normalized spacial score (nSPS) is 20.1. The molecule has 1 unspecified atom stereocenters. The molecule has 0 saturated carbocycles. The van der Waals surface area contributed by atoms with Crippen molar-refractivity contribution in [3.63, 3.8) is 0 Å².